The largest absolute Gasteiger partial charge is 0.497 e. The van der Waals surface area contributed by atoms with E-state index in [1.165, 1.54) is 26.5 Å². The van der Waals surface area contributed by atoms with E-state index in [0.717, 1.165) is 12.2 Å². The quantitative estimate of drug-likeness (QED) is 0.787. The Morgan fingerprint density at radius 3 is 2.11 bits per heavy atom. The lowest BCUT2D eigenvalue weighted by Gasteiger charge is -2.12. The summed E-state index contributed by atoms with van der Waals surface area (Å²) in [6.07, 6.45) is 0.842. The highest BCUT2D eigenvalue weighted by Crippen LogP contribution is 2.34. The maximum Gasteiger partial charge on any atom is 0.118 e. The van der Waals surface area contributed by atoms with Crippen LogP contribution in [0.3, 0.4) is 0 Å². The van der Waals surface area contributed by atoms with E-state index in [-0.39, 0.29) is 0 Å². The molecule has 19 heavy (non-hydrogen) atoms. The standard InChI is InChI=1S/C17H19OS/c1-5-14-10-12(2)17(13(3)11-14)19-16-8-6-15(18-4)7-9-16/h6-11H,1,5H2,2-4H3. The first-order valence-electron chi connectivity index (χ1n) is 6.35. The highest BCUT2D eigenvalue weighted by atomic mass is 32.2. The number of ether oxygens (including phenoxy) is 1. The van der Waals surface area contributed by atoms with Gasteiger partial charge in [-0.3, -0.25) is 0 Å². The van der Waals surface area contributed by atoms with Gasteiger partial charge in [-0.15, -0.1) is 0 Å². The predicted octanol–water partition coefficient (Wildman–Crippen LogP) is 4.84. The Morgan fingerprint density at radius 2 is 1.63 bits per heavy atom. The van der Waals surface area contributed by atoms with E-state index in [2.05, 4.69) is 45.0 Å². The van der Waals surface area contributed by atoms with Crippen molar-refractivity contribution >= 4 is 11.8 Å². The molecule has 0 aliphatic rings. The van der Waals surface area contributed by atoms with Crippen LogP contribution >= 0.6 is 11.8 Å². The zero-order chi connectivity index (χ0) is 13.8. The number of hydrogen-bond acceptors (Lipinski definition) is 2. The molecule has 0 aliphatic heterocycles. The van der Waals surface area contributed by atoms with E-state index in [9.17, 15) is 0 Å². The molecule has 0 atom stereocenters. The topological polar surface area (TPSA) is 9.23 Å². The van der Waals surface area contributed by atoms with Crippen LogP contribution in [0.15, 0.2) is 46.2 Å². The van der Waals surface area contributed by atoms with Crippen LogP contribution in [0.4, 0.5) is 0 Å². The second kappa shape index (κ2) is 6.16. The van der Waals surface area contributed by atoms with Gasteiger partial charge in [0.15, 0.2) is 0 Å². The van der Waals surface area contributed by atoms with Crippen molar-refractivity contribution in [1.82, 2.24) is 0 Å². The molecule has 0 spiro atoms. The molecule has 0 saturated carbocycles. The monoisotopic (exact) mass is 271 g/mol. The lowest BCUT2D eigenvalue weighted by Crippen LogP contribution is -1.90. The summed E-state index contributed by atoms with van der Waals surface area (Å²) < 4.78 is 5.18. The van der Waals surface area contributed by atoms with Crippen molar-refractivity contribution in [2.24, 2.45) is 0 Å². The molecular weight excluding hydrogens is 252 g/mol. The van der Waals surface area contributed by atoms with Crippen LogP contribution in [0.25, 0.3) is 0 Å². The fourth-order valence-corrected chi connectivity index (χ4v) is 3.05. The highest BCUT2D eigenvalue weighted by molar-refractivity contribution is 7.99. The molecule has 1 radical (unpaired) electrons. The zero-order valence-corrected chi connectivity index (χ0v) is 12.5. The van der Waals surface area contributed by atoms with Crippen LogP contribution in [0.2, 0.25) is 0 Å². The fraction of sp³-hybridized carbons (Fsp3) is 0.235. The summed E-state index contributed by atoms with van der Waals surface area (Å²) in [5, 5.41) is 0. The van der Waals surface area contributed by atoms with Crippen LogP contribution < -0.4 is 4.74 Å². The van der Waals surface area contributed by atoms with Gasteiger partial charge < -0.3 is 4.74 Å². The number of rotatable bonds is 4. The van der Waals surface area contributed by atoms with Gasteiger partial charge in [0.1, 0.15) is 5.75 Å². The van der Waals surface area contributed by atoms with Gasteiger partial charge in [0.2, 0.25) is 0 Å². The van der Waals surface area contributed by atoms with Gasteiger partial charge in [-0.05, 0) is 68.1 Å². The van der Waals surface area contributed by atoms with Gasteiger partial charge in [0.25, 0.3) is 0 Å². The van der Waals surface area contributed by atoms with Gasteiger partial charge in [-0.1, -0.05) is 23.9 Å². The molecule has 0 N–H and O–H groups in total. The third-order valence-electron chi connectivity index (χ3n) is 3.09. The zero-order valence-electron chi connectivity index (χ0n) is 11.7. The highest BCUT2D eigenvalue weighted by Gasteiger charge is 2.07. The second-order valence-electron chi connectivity index (χ2n) is 4.59. The van der Waals surface area contributed by atoms with Gasteiger partial charge in [0.05, 0.1) is 7.11 Å². The third kappa shape index (κ3) is 3.32. The SMILES string of the molecule is [CH2]Cc1cc(C)c(Sc2ccc(OC)cc2)c(C)c1. The maximum absolute atomic E-state index is 5.18. The van der Waals surface area contributed by atoms with Crippen LogP contribution in [-0.2, 0) is 6.42 Å². The van der Waals surface area contributed by atoms with Crippen LogP contribution in [0, 0.1) is 20.8 Å². The number of aryl methyl sites for hydroxylation is 2. The molecule has 0 amide bonds. The summed E-state index contributed by atoms with van der Waals surface area (Å²) in [5.74, 6) is 0.894. The van der Waals surface area contributed by atoms with E-state index < -0.39 is 0 Å². The normalized spacial score (nSPS) is 10.5. The van der Waals surface area contributed by atoms with Crippen molar-refractivity contribution in [3.63, 3.8) is 0 Å². The Morgan fingerprint density at radius 1 is 1.05 bits per heavy atom. The molecule has 2 rings (SSSR count). The Bertz CT molecular complexity index is 535. The molecule has 0 unspecified atom stereocenters. The van der Waals surface area contributed by atoms with Crippen molar-refractivity contribution in [2.75, 3.05) is 7.11 Å². The molecule has 0 saturated heterocycles. The van der Waals surface area contributed by atoms with E-state index in [4.69, 9.17) is 4.74 Å². The molecule has 2 heteroatoms. The summed E-state index contributed by atoms with van der Waals surface area (Å²) in [4.78, 5) is 2.57. The Balaban J connectivity index is 2.27. The van der Waals surface area contributed by atoms with Crippen molar-refractivity contribution in [3.8, 4) is 5.75 Å². The average molecular weight is 271 g/mol. The molecule has 0 aromatic heterocycles. The fourth-order valence-electron chi connectivity index (χ4n) is 2.11. The molecule has 0 aliphatic carbocycles. The van der Waals surface area contributed by atoms with Crippen molar-refractivity contribution in [1.29, 1.82) is 0 Å². The summed E-state index contributed by atoms with van der Waals surface area (Å²) in [5.41, 5.74) is 3.94. The van der Waals surface area contributed by atoms with Gasteiger partial charge in [0, 0.05) is 9.79 Å². The summed E-state index contributed by atoms with van der Waals surface area (Å²) in [7, 11) is 1.69. The smallest absolute Gasteiger partial charge is 0.118 e. The molecule has 2 aromatic carbocycles. The Labute approximate surface area is 120 Å². The van der Waals surface area contributed by atoms with Crippen LogP contribution in [-0.4, -0.2) is 7.11 Å². The average Bonchev–Trinajstić information content (AvgIpc) is 2.43. The Hall–Kier alpha value is -1.41. The van der Waals surface area contributed by atoms with E-state index in [0.29, 0.717) is 0 Å². The maximum atomic E-state index is 5.18. The van der Waals surface area contributed by atoms with Crippen LogP contribution in [0.5, 0.6) is 5.75 Å². The van der Waals surface area contributed by atoms with Gasteiger partial charge >= 0.3 is 0 Å². The lowest BCUT2D eigenvalue weighted by molar-refractivity contribution is 0.414. The predicted molar refractivity (Wildman–Crippen MR) is 82.1 cm³/mol. The first kappa shape index (κ1) is 14.0. The van der Waals surface area contributed by atoms with Crippen molar-refractivity contribution < 1.29 is 4.74 Å². The summed E-state index contributed by atoms with van der Waals surface area (Å²) in [6, 6.07) is 12.6. The van der Waals surface area contributed by atoms with E-state index in [1.54, 1.807) is 18.9 Å². The number of hydrogen-bond donors (Lipinski definition) is 0. The first-order chi connectivity index (χ1) is 9.13. The molecule has 0 heterocycles. The number of benzene rings is 2. The first-order valence-corrected chi connectivity index (χ1v) is 7.17. The van der Waals surface area contributed by atoms with Crippen molar-refractivity contribution in [2.45, 2.75) is 30.1 Å². The molecule has 1 nitrogen and oxygen atoms in total. The summed E-state index contributed by atoms with van der Waals surface area (Å²) >= 11 is 1.80. The minimum absolute atomic E-state index is 0.842. The molecule has 0 fully saturated rings. The van der Waals surface area contributed by atoms with Crippen LogP contribution in [0.1, 0.15) is 16.7 Å². The second-order valence-corrected chi connectivity index (χ2v) is 5.67. The molecular formula is C17H19OS. The molecule has 0 bridgehead atoms. The van der Waals surface area contributed by atoms with E-state index >= 15 is 0 Å². The molecule has 99 valence electrons. The van der Waals surface area contributed by atoms with Gasteiger partial charge in [-0.2, -0.15) is 0 Å². The minimum atomic E-state index is 0.842. The third-order valence-corrected chi connectivity index (χ3v) is 4.44. The van der Waals surface area contributed by atoms with Gasteiger partial charge in [-0.25, -0.2) is 0 Å². The Kier molecular flexibility index (Phi) is 4.54. The molecule has 2 aromatic rings. The number of methoxy groups -OCH3 is 1. The minimum Gasteiger partial charge on any atom is -0.497 e. The summed E-state index contributed by atoms with van der Waals surface area (Å²) in [6.45, 7) is 8.28. The van der Waals surface area contributed by atoms with E-state index in [1.807, 2.05) is 12.1 Å². The lowest BCUT2D eigenvalue weighted by atomic mass is 10.1. The van der Waals surface area contributed by atoms with Crippen molar-refractivity contribution in [3.05, 3.63) is 60.0 Å².